The summed E-state index contributed by atoms with van der Waals surface area (Å²) in [5, 5.41) is 1.04. The van der Waals surface area contributed by atoms with Crippen LogP contribution in [0.3, 0.4) is 0 Å². The molecular weight excluding hydrogens is 236 g/mol. The van der Waals surface area contributed by atoms with Gasteiger partial charge in [-0.05, 0) is 34.3 Å². The Morgan fingerprint density at radius 3 is 2.58 bits per heavy atom. The predicted molar refractivity (Wildman–Crippen MR) is 58.0 cm³/mol. The number of pyridine rings is 1. The van der Waals surface area contributed by atoms with Crippen LogP contribution >= 0.6 is 27.7 Å². The maximum atomic E-state index is 4.29. The molecule has 66 valence electrons. The molecule has 0 unspecified atom stereocenters. The first-order valence-electron chi connectivity index (χ1n) is 3.52. The quantitative estimate of drug-likeness (QED) is 0.590. The number of anilines is 1. The third-order valence-corrected chi connectivity index (χ3v) is 2.51. The molecule has 0 spiro atoms. The van der Waals surface area contributed by atoms with Crippen LogP contribution in [0, 0.1) is 0 Å². The van der Waals surface area contributed by atoms with Crippen molar-refractivity contribution in [3.05, 3.63) is 16.7 Å². The summed E-state index contributed by atoms with van der Waals surface area (Å²) < 4.78 is 0.887. The molecule has 0 fully saturated rings. The molecule has 0 aliphatic heterocycles. The van der Waals surface area contributed by atoms with Crippen molar-refractivity contribution in [1.82, 2.24) is 4.98 Å². The van der Waals surface area contributed by atoms with Gasteiger partial charge in [0.25, 0.3) is 0 Å². The molecule has 0 amide bonds. The second-order valence-corrected chi connectivity index (χ2v) is 4.22. The Kier molecular flexibility index (Phi) is 3.40. The molecule has 0 aromatic carbocycles. The van der Waals surface area contributed by atoms with Crippen molar-refractivity contribution in [2.75, 3.05) is 25.3 Å². The fraction of sp³-hybridized carbons (Fsp3) is 0.375. The lowest BCUT2D eigenvalue weighted by Gasteiger charge is -2.13. The van der Waals surface area contributed by atoms with Crippen molar-refractivity contribution >= 4 is 33.4 Å². The molecule has 1 rings (SSSR count). The van der Waals surface area contributed by atoms with Crippen LogP contribution in [-0.4, -0.2) is 25.3 Å². The smallest absolute Gasteiger partial charge is 0.109 e. The zero-order chi connectivity index (χ0) is 9.14. The van der Waals surface area contributed by atoms with E-state index in [2.05, 4.69) is 31.9 Å². The van der Waals surface area contributed by atoms with Crippen molar-refractivity contribution in [1.29, 1.82) is 0 Å². The molecule has 12 heavy (non-hydrogen) atoms. The standard InChI is InChI=1S/C8H11BrN2S/c1-11(2)6-4-7(9)10-8(5-6)12-3/h4-5H,1-3H3. The van der Waals surface area contributed by atoms with Gasteiger partial charge in [0.1, 0.15) is 4.60 Å². The van der Waals surface area contributed by atoms with Gasteiger partial charge in [0.05, 0.1) is 5.03 Å². The van der Waals surface area contributed by atoms with Gasteiger partial charge in [-0.3, -0.25) is 0 Å². The third kappa shape index (κ3) is 2.38. The highest BCUT2D eigenvalue weighted by Crippen LogP contribution is 2.22. The van der Waals surface area contributed by atoms with Gasteiger partial charge >= 0.3 is 0 Å². The minimum absolute atomic E-state index is 0.887. The van der Waals surface area contributed by atoms with Gasteiger partial charge in [-0.2, -0.15) is 0 Å². The highest BCUT2D eigenvalue weighted by molar-refractivity contribution is 9.10. The van der Waals surface area contributed by atoms with Gasteiger partial charge in [0.2, 0.25) is 0 Å². The molecule has 0 saturated carbocycles. The van der Waals surface area contributed by atoms with E-state index < -0.39 is 0 Å². The number of hydrogen-bond donors (Lipinski definition) is 0. The van der Waals surface area contributed by atoms with Crippen LogP contribution in [0.4, 0.5) is 5.69 Å². The first kappa shape index (κ1) is 9.86. The summed E-state index contributed by atoms with van der Waals surface area (Å²) in [7, 11) is 4.04. The molecule has 2 nitrogen and oxygen atoms in total. The summed E-state index contributed by atoms with van der Waals surface area (Å²) in [6.45, 7) is 0. The third-order valence-electron chi connectivity index (χ3n) is 1.48. The average Bonchev–Trinajstić information content (AvgIpc) is 2.03. The van der Waals surface area contributed by atoms with Crippen LogP contribution in [0.5, 0.6) is 0 Å². The largest absolute Gasteiger partial charge is 0.378 e. The van der Waals surface area contributed by atoms with Crippen molar-refractivity contribution in [3.8, 4) is 0 Å². The van der Waals surface area contributed by atoms with E-state index in [0.717, 1.165) is 9.63 Å². The second kappa shape index (κ2) is 4.14. The molecule has 1 aromatic heterocycles. The van der Waals surface area contributed by atoms with Crippen LogP contribution in [0.15, 0.2) is 21.8 Å². The SMILES string of the molecule is CSc1cc(N(C)C)cc(Br)n1. The lowest BCUT2D eigenvalue weighted by atomic mass is 10.4. The Morgan fingerprint density at radius 2 is 2.08 bits per heavy atom. The monoisotopic (exact) mass is 246 g/mol. The molecule has 0 atom stereocenters. The second-order valence-electron chi connectivity index (χ2n) is 2.58. The highest BCUT2D eigenvalue weighted by Gasteiger charge is 2.00. The number of hydrogen-bond acceptors (Lipinski definition) is 3. The summed E-state index contributed by atoms with van der Waals surface area (Å²) in [6.07, 6.45) is 2.02. The maximum Gasteiger partial charge on any atom is 0.109 e. The van der Waals surface area contributed by atoms with E-state index in [4.69, 9.17) is 0 Å². The fourth-order valence-corrected chi connectivity index (χ4v) is 1.79. The lowest BCUT2D eigenvalue weighted by molar-refractivity contribution is 1.05. The van der Waals surface area contributed by atoms with Crippen LogP contribution in [-0.2, 0) is 0 Å². The van der Waals surface area contributed by atoms with Gasteiger partial charge in [0, 0.05) is 19.8 Å². The maximum absolute atomic E-state index is 4.29. The lowest BCUT2D eigenvalue weighted by Crippen LogP contribution is -2.08. The van der Waals surface area contributed by atoms with Crippen LogP contribution in [0.2, 0.25) is 0 Å². The number of rotatable bonds is 2. The Hall–Kier alpha value is -0.220. The molecule has 0 bridgehead atoms. The summed E-state index contributed by atoms with van der Waals surface area (Å²) in [6, 6.07) is 4.06. The van der Waals surface area contributed by atoms with E-state index in [1.165, 1.54) is 5.69 Å². The number of thioether (sulfide) groups is 1. The van der Waals surface area contributed by atoms with Crippen LogP contribution in [0.1, 0.15) is 0 Å². The number of nitrogens with zero attached hydrogens (tertiary/aromatic N) is 2. The predicted octanol–water partition coefficient (Wildman–Crippen LogP) is 2.63. The van der Waals surface area contributed by atoms with Crippen molar-refractivity contribution < 1.29 is 0 Å². The molecule has 0 N–H and O–H groups in total. The zero-order valence-electron chi connectivity index (χ0n) is 7.34. The molecule has 1 aromatic rings. The fourth-order valence-electron chi connectivity index (χ4n) is 0.823. The molecule has 0 aliphatic carbocycles. The van der Waals surface area contributed by atoms with E-state index >= 15 is 0 Å². The van der Waals surface area contributed by atoms with Crippen LogP contribution in [0.25, 0.3) is 0 Å². The Morgan fingerprint density at radius 1 is 1.42 bits per heavy atom. The summed E-state index contributed by atoms with van der Waals surface area (Å²) >= 11 is 5.02. The van der Waals surface area contributed by atoms with E-state index in [0.29, 0.717) is 0 Å². The van der Waals surface area contributed by atoms with Crippen molar-refractivity contribution in [2.45, 2.75) is 5.03 Å². The van der Waals surface area contributed by atoms with E-state index in [1.807, 2.05) is 26.4 Å². The first-order valence-corrected chi connectivity index (χ1v) is 5.54. The number of halogens is 1. The molecule has 0 saturated heterocycles. The Bertz CT molecular complexity index is 276. The average molecular weight is 247 g/mol. The van der Waals surface area contributed by atoms with E-state index in [9.17, 15) is 0 Å². The van der Waals surface area contributed by atoms with E-state index in [-0.39, 0.29) is 0 Å². The molecule has 0 aliphatic rings. The Labute approximate surface area is 85.5 Å². The zero-order valence-corrected chi connectivity index (χ0v) is 9.74. The molecule has 1 heterocycles. The summed E-state index contributed by atoms with van der Waals surface area (Å²) in [5.41, 5.74) is 1.17. The van der Waals surface area contributed by atoms with Crippen LogP contribution < -0.4 is 4.90 Å². The van der Waals surface area contributed by atoms with Crippen molar-refractivity contribution in [3.63, 3.8) is 0 Å². The highest BCUT2D eigenvalue weighted by atomic mass is 79.9. The summed E-state index contributed by atoms with van der Waals surface area (Å²) in [5.74, 6) is 0. The van der Waals surface area contributed by atoms with Gasteiger partial charge in [-0.25, -0.2) is 4.98 Å². The minimum atomic E-state index is 0.887. The van der Waals surface area contributed by atoms with Gasteiger partial charge in [-0.1, -0.05) is 0 Å². The minimum Gasteiger partial charge on any atom is -0.378 e. The Balaban J connectivity index is 3.06. The van der Waals surface area contributed by atoms with E-state index in [1.54, 1.807) is 11.8 Å². The first-order chi connectivity index (χ1) is 5.63. The molecule has 4 heteroatoms. The molecular formula is C8H11BrN2S. The van der Waals surface area contributed by atoms with Gasteiger partial charge in [0.15, 0.2) is 0 Å². The summed E-state index contributed by atoms with van der Waals surface area (Å²) in [4.78, 5) is 6.35. The normalized spacial score (nSPS) is 10.0. The van der Waals surface area contributed by atoms with Crippen molar-refractivity contribution in [2.24, 2.45) is 0 Å². The van der Waals surface area contributed by atoms with Gasteiger partial charge < -0.3 is 4.90 Å². The number of aromatic nitrogens is 1. The molecule has 0 radical (unpaired) electrons. The van der Waals surface area contributed by atoms with Gasteiger partial charge in [-0.15, -0.1) is 11.8 Å². The topological polar surface area (TPSA) is 16.1 Å².